The van der Waals surface area contributed by atoms with E-state index in [0.717, 1.165) is 19.4 Å². The Balaban J connectivity index is 1.48. The van der Waals surface area contributed by atoms with Gasteiger partial charge < -0.3 is 9.67 Å². The Morgan fingerprint density at radius 2 is 1.73 bits per heavy atom. The molecular formula is C20H28N2O3S. The molecule has 0 saturated carbocycles. The van der Waals surface area contributed by atoms with Gasteiger partial charge in [0.15, 0.2) is 5.78 Å². The molecule has 2 aromatic rings. The number of carboxylic acid groups (broad SMARTS) is 1. The molecule has 0 radical (unpaired) electrons. The van der Waals surface area contributed by atoms with Gasteiger partial charge in [-0.1, -0.05) is 32.1 Å². The summed E-state index contributed by atoms with van der Waals surface area (Å²) in [7, 11) is 0. The highest BCUT2D eigenvalue weighted by Gasteiger charge is 2.11. The van der Waals surface area contributed by atoms with Crippen molar-refractivity contribution in [2.24, 2.45) is 0 Å². The van der Waals surface area contributed by atoms with Crippen molar-refractivity contribution in [3.05, 3.63) is 40.6 Å². The third-order valence-corrected chi connectivity index (χ3v) is 5.59. The maximum atomic E-state index is 11.9. The summed E-state index contributed by atoms with van der Waals surface area (Å²) in [5, 5.41) is 8.64. The van der Waals surface area contributed by atoms with Crippen LogP contribution in [0.1, 0.15) is 72.3 Å². The van der Waals surface area contributed by atoms with Gasteiger partial charge in [0.2, 0.25) is 0 Å². The zero-order chi connectivity index (χ0) is 18.6. The number of aliphatic carboxylic acids is 1. The number of Topliss-reactive ketones (excluding diaryl/α,β-unsaturated/α-hetero) is 1. The normalized spacial score (nSPS) is 10.9. The van der Waals surface area contributed by atoms with E-state index in [9.17, 15) is 9.59 Å². The molecule has 2 aromatic heterocycles. The van der Waals surface area contributed by atoms with Gasteiger partial charge in [0, 0.05) is 30.2 Å². The van der Waals surface area contributed by atoms with Crippen LogP contribution in [0.2, 0.25) is 0 Å². The van der Waals surface area contributed by atoms with Crippen molar-refractivity contribution >= 4 is 23.1 Å². The lowest BCUT2D eigenvalue weighted by atomic mass is 10.1. The molecule has 2 heterocycles. The number of ketones is 1. The highest BCUT2D eigenvalue weighted by atomic mass is 32.1. The van der Waals surface area contributed by atoms with Gasteiger partial charge in [-0.15, -0.1) is 11.3 Å². The van der Waals surface area contributed by atoms with Crippen molar-refractivity contribution in [2.45, 2.75) is 70.8 Å². The first-order valence-electron chi connectivity index (χ1n) is 9.44. The van der Waals surface area contributed by atoms with Gasteiger partial charge in [-0.05, 0) is 31.4 Å². The van der Waals surface area contributed by atoms with Gasteiger partial charge in [0.1, 0.15) is 0 Å². The van der Waals surface area contributed by atoms with Crippen molar-refractivity contribution in [3.63, 3.8) is 0 Å². The number of imidazole rings is 1. The van der Waals surface area contributed by atoms with Crippen LogP contribution in [0.4, 0.5) is 0 Å². The summed E-state index contributed by atoms with van der Waals surface area (Å²) in [5.74, 6) is -0.976. The molecule has 142 valence electrons. The van der Waals surface area contributed by atoms with Crippen molar-refractivity contribution in [3.8, 4) is 0 Å². The van der Waals surface area contributed by atoms with Crippen LogP contribution in [0.25, 0.3) is 0 Å². The molecule has 5 nitrogen and oxygen atoms in total. The topological polar surface area (TPSA) is 72.2 Å². The summed E-state index contributed by atoms with van der Waals surface area (Å²) < 4.78 is 2.13. The molecule has 1 N–H and O–H groups in total. The first-order chi connectivity index (χ1) is 12.6. The number of thiophene rings is 1. The Bertz CT molecular complexity index is 664. The molecule has 0 aliphatic carbocycles. The van der Waals surface area contributed by atoms with Crippen molar-refractivity contribution in [1.29, 1.82) is 0 Å². The molecule has 0 unspecified atom stereocenters. The van der Waals surface area contributed by atoms with Gasteiger partial charge in [0.05, 0.1) is 17.6 Å². The molecule has 0 aliphatic heterocycles. The molecule has 0 atom stereocenters. The number of nitrogens with zero attached hydrogens (tertiary/aromatic N) is 2. The number of carboxylic acids is 1. The fraction of sp³-hybridized carbons (Fsp3) is 0.550. The van der Waals surface area contributed by atoms with Gasteiger partial charge in [-0.2, -0.15) is 0 Å². The monoisotopic (exact) mass is 376 g/mol. The number of carbonyl (C=O) groups is 2. The van der Waals surface area contributed by atoms with E-state index in [-0.39, 0.29) is 18.6 Å². The second kappa shape index (κ2) is 11.6. The Morgan fingerprint density at radius 1 is 1.00 bits per heavy atom. The minimum absolute atomic E-state index is 0.0562. The molecule has 0 amide bonds. The third kappa shape index (κ3) is 7.95. The Morgan fingerprint density at radius 3 is 2.42 bits per heavy atom. The van der Waals surface area contributed by atoms with Crippen LogP contribution >= 0.6 is 11.3 Å². The Labute approximate surface area is 159 Å². The minimum atomic E-state index is -0.920. The van der Waals surface area contributed by atoms with Gasteiger partial charge in [-0.3, -0.25) is 9.59 Å². The average molecular weight is 377 g/mol. The number of aromatic nitrogens is 2. The molecule has 6 heteroatoms. The summed E-state index contributed by atoms with van der Waals surface area (Å²) in [5.41, 5.74) is 0. The van der Waals surface area contributed by atoms with E-state index >= 15 is 0 Å². The molecule has 0 aromatic carbocycles. The summed E-state index contributed by atoms with van der Waals surface area (Å²) in [6, 6.07) is 3.85. The van der Waals surface area contributed by atoms with Crippen LogP contribution in [0.3, 0.4) is 0 Å². The number of aryl methyl sites for hydroxylation is 2. The summed E-state index contributed by atoms with van der Waals surface area (Å²) in [6.45, 7) is 1.06. The number of rotatable bonds is 14. The number of hydrogen-bond acceptors (Lipinski definition) is 4. The second-order valence-corrected chi connectivity index (χ2v) is 7.78. The van der Waals surface area contributed by atoms with E-state index in [4.69, 9.17) is 5.11 Å². The summed E-state index contributed by atoms with van der Waals surface area (Å²) >= 11 is 1.52. The average Bonchev–Trinajstić information content (AvgIpc) is 3.30. The van der Waals surface area contributed by atoms with Crippen LogP contribution in [0, 0.1) is 0 Å². The van der Waals surface area contributed by atoms with Gasteiger partial charge in [-0.25, -0.2) is 4.98 Å². The first-order valence-corrected chi connectivity index (χ1v) is 10.3. The zero-order valence-electron chi connectivity index (χ0n) is 15.2. The lowest BCUT2D eigenvalue weighted by Crippen LogP contribution is -2.01. The first kappa shape index (κ1) is 20.4. The summed E-state index contributed by atoms with van der Waals surface area (Å²) in [4.78, 5) is 28.4. The minimum Gasteiger partial charge on any atom is -0.481 e. The predicted octanol–water partition coefficient (Wildman–Crippen LogP) is 4.97. The fourth-order valence-corrected chi connectivity index (χ4v) is 3.92. The molecule has 2 rings (SSSR count). The maximum Gasteiger partial charge on any atom is 0.303 e. The van der Waals surface area contributed by atoms with Crippen molar-refractivity contribution in [1.82, 2.24) is 9.55 Å². The molecule has 26 heavy (non-hydrogen) atoms. The smallest absolute Gasteiger partial charge is 0.303 e. The van der Waals surface area contributed by atoms with E-state index in [1.807, 2.05) is 30.9 Å². The van der Waals surface area contributed by atoms with E-state index in [2.05, 4.69) is 9.55 Å². The van der Waals surface area contributed by atoms with Crippen LogP contribution in [0.5, 0.6) is 0 Å². The lowest BCUT2D eigenvalue weighted by Gasteiger charge is -2.03. The van der Waals surface area contributed by atoms with Crippen LogP contribution in [-0.2, 0) is 17.8 Å². The fourth-order valence-electron chi connectivity index (χ4n) is 2.90. The number of unbranched alkanes of at least 4 members (excludes halogenated alkanes) is 6. The van der Waals surface area contributed by atoms with Gasteiger partial charge >= 0.3 is 5.97 Å². The van der Waals surface area contributed by atoms with Crippen LogP contribution < -0.4 is 0 Å². The van der Waals surface area contributed by atoms with E-state index in [1.165, 1.54) is 54.7 Å². The largest absolute Gasteiger partial charge is 0.481 e. The highest BCUT2D eigenvalue weighted by molar-refractivity contribution is 7.14. The standard InChI is InChI=1S/C20H28N2O3S/c23-18(10-12-20(24)25)19-11-9-17(26-19)8-6-4-2-1-3-5-7-14-22-15-13-21-16-22/h9,11,13,15-16H,1-8,10,12,14H2,(H,24,25). The summed E-state index contributed by atoms with van der Waals surface area (Å²) in [6.07, 6.45) is 15.4. The van der Waals surface area contributed by atoms with Gasteiger partial charge in [0.25, 0.3) is 0 Å². The Hall–Kier alpha value is -1.95. The highest BCUT2D eigenvalue weighted by Crippen LogP contribution is 2.21. The van der Waals surface area contributed by atoms with E-state index in [0.29, 0.717) is 4.88 Å². The zero-order valence-corrected chi connectivity index (χ0v) is 16.0. The molecular weight excluding hydrogens is 348 g/mol. The number of carbonyl (C=O) groups excluding carboxylic acids is 1. The molecule has 0 saturated heterocycles. The Kier molecular flexibility index (Phi) is 9.10. The quantitative estimate of drug-likeness (QED) is 0.373. The third-order valence-electron chi connectivity index (χ3n) is 4.40. The van der Waals surface area contributed by atoms with Crippen LogP contribution in [-0.4, -0.2) is 26.4 Å². The SMILES string of the molecule is O=C(O)CCC(=O)c1ccc(CCCCCCCCCn2ccnc2)s1. The van der Waals surface area contributed by atoms with Crippen molar-refractivity contribution < 1.29 is 14.7 Å². The van der Waals surface area contributed by atoms with Crippen molar-refractivity contribution in [2.75, 3.05) is 0 Å². The molecule has 0 aliphatic rings. The predicted molar refractivity (Wildman–Crippen MR) is 104 cm³/mol. The molecule has 0 bridgehead atoms. The van der Waals surface area contributed by atoms with Crippen LogP contribution in [0.15, 0.2) is 30.9 Å². The lowest BCUT2D eigenvalue weighted by molar-refractivity contribution is -0.136. The maximum absolute atomic E-state index is 11.9. The number of hydrogen-bond donors (Lipinski definition) is 1. The van der Waals surface area contributed by atoms with E-state index < -0.39 is 5.97 Å². The molecule has 0 spiro atoms. The molecule has 0 fully saturated rings. The second-order valence-electron chi connectivity index (χ2n) is 6.61. The van der Waals surface area contributed by atoms with E-state index in [1.54, 1.807) is 0 Å².